The van der Waals surface area contributed by atoms with Crippen molar-refractivity contribution in [1.29, 1.82) is 0 Å². The zero-order chi connectivity index (χ0) is 19.5. The Kier molecular flexibility index (Phi) is 4.80. The number of fused-ring (bicyclic) bond motifs is 1. The van der Waals surface area contributed by atoms with Crippen molar-refractivity contribution in [2.75, 3.05) is 6.54 Å². The van der Waals surface area contributed by atoms with Gasteiger partial charge >= 0.3 is 0 Å². The Balaban J connectivity index is 1.62. The van der Waals surface area contributed by atoms with Gasteiger partial charge in [-0.05, 0) is 43.3 Å². The number of carbonyl (C=O) groups is 1. The lowest BCUT2D eigenvalue weighted by molar-refractivity contribution is 0.0955. The van der Waals surface area contributed by atoms with Crippen molar-refractivity contribution >= 4 is 16.8 Å². The summed E-state index contributed by atoms with van der Waals surface area (Å²) in [6, 6.07) is 15.2. The van der Waals surface area contributed by atoms with Crippen LogP contribution in [0.3, 0.4) is 0 Å². The first-order valence-electron chi connectivity index (χ1n) is 8.83. The highest BCUT2D eigenvalue weighted by Crippen LogP contribution is 2.25. The van der Waals surface area contributed by atoms with Gasteiger partial charge in [-0.3, -0.25) is 4.79 Å². The largest absolute Gasteiger partial charge is 0.351 e. The molecule has 2 heterocycles. The van der Waals surface area contributed by atoms with E-state index in [1.165, 1.54) is 12.1 Å². The molecule has 4 rings (SSSR count). The predicted molar refractivity (Wildman–Crippen MR) is 102 cm³/mol. The number of aromatic nitrogens is 3. The fourth-order valence-corrected chi connectivity index (χ4v) is 2.95. The molecule has 7 heteroatoms. The first kappa shape index (κ1) is 17.8. The summed E-state index contributed by atoms with van der Waals surface area (Å²) in [5, 5.41) is 7.36. The van der Waals surface area contributed by atoms with Crippen LogP contribution in [0.4, 0.5) is 4.39 Å². The second-order valence-electron chi connectivity index (χ2n) is 6.32. The Bertz CT molecular complexity index is 1140. The molecular weight excluding hydrogens is 359 g/mol. The molecule has 4 aromatic rings. The summed E-state index contributed by atoms with van der Waals surface area (Å²) < 4.78 is 18.3. The zero-order valence-corrected chi connectivity index (χ0v) is 15.1. The molecule has 2 aromatic heterocycles. The second-order valence-corrected chi connectivity index (χ2v) is 6.32. The highest BCUT2D eigenvalue weighted by atomic mass is 19.1. The average molecular weight is 376 g/mol. The molecule has 2 aromatic carbocycles. The summed E-state index contributed by atoms with van der Waals surface area (Å²) in [6.07, 6.45) is 0.445. The number of nitrogens with zero attached hydrogens (tertiary/aromatic N) is 3. The Labute approximate surface area is 160 Å². The molecule has 28 heavy (non-hydrogen) atoms. The maximum Gasteiger partial charge on any atom is 0.252 e. The molecule has 0 spiro atoms. The number of para-hydroxylation sites is 1. The molecule has 0 aliphatic carbocycles. The third kappa shape index (κ3) is 3.73. The Morgan fingerprint density at radius 3 is 2.64 bits per heavy atom. The molecule has 6 nitrogen and oxygen atoms in total. The summed E-state index contributed by atoms with van der Waals surface area (Å²) in [6.45, 7) is 2.11. The second kappa shape index (κ2) is 7.56. The number of rotatable bonds is 5. The molecule has 0 saturated heterocycles. The van der Waals surface area contributed by atoms with Crippen molar-refractivity contribution in [2.45, 2.75) is 13.3 Å². The lowest BCUT2D eigenvalue weighted by Crippen LogP contribution is -2.26. The lowest BCUT2D eigenvalue weighted by Gasteiger charge is -2.10. The van der Waals surface area contributed by atoms with Crippen molar-refractivity contribution in [2.24, 2.45) is 0 Å². The molecule has 0 saturated carbocycles. The van der Waals surface area contributed by atoms with E-state index >= 15 is 0 Å². The minimum atomic E-state index is -0.321. The monoisotopic (exact) mass is 376 g/mol. The number of benzene rings is 2. The van der Waals surface area contributed by atoms with Gasteiger partial charge in [-0.2, -0.15) is 4.98 Å². The van der Waals surface area contributed by atoms with E-state index in [1.54, 1.807) is 25.1 Å². The molecule has 0 radical (unpaired) electrons. The summed E-state index contributed by atoms with van der Waals surface area (Å²) in [4.78, 5) is 21.6. The van der Waals surface area contributed by atoms with Crippen LogP contribution in [0.25, 0.3) is 22.2 Å². The Morgan fingerprint density at radius 2 is 1.89 bits per heavy atom. The normalized spacial score (nSPS) is 10.9. The molecule has 0 atom stereocenters. The van der Waals surface area contributed by atoms with Crippen LogP contribution in [0.2, 0.25) is 0 Å². The molecule has 0 unspecified atom stereocenters. The van der Waals surface area contributed by atoms with Gasteiger partial charge in [-0.25, -0.2) is 9.37 Å². The third-order valence-electron chi connectivity index (χ3n) is 4.29. The highest BCUT2D eigenvalue weighted by Gasteiger charge is 2.14. The molecule has 1 N–H and O–H groups in total. The number of pyridine rings is 1. The minimum Gasteiger partial charge on any atom is -0.351 e. The quantitative estimate of drug-likeness (QED) is 0.574. The highest BCUT2D eigenvalue weighted by molar-refractivity contribution is 6.07. The van der Waals surface area contributed by atoms with E-state index in [0.717, 1.165) is 10.9 Å². The SMILES string of the molecule is Cc1noc(CCNC(=O)c2cc(-c3ccc(F)cc3)nc3ccccc23)n1. The Hall–Kier alpha value is -3.61. The number of aryl methyl sites for hydroxylation is 1. The molecule has 0 aliphatic rings. The van der Waals surface area contributed by atoms with E-state index in [-0.39, 0.29) is 11.7 Å². The number of carbonyl (C=O) groups excluding carboxylic acids is 1. The maximum atomic E-state index is 13.2. The summed E-state index contributed by atoms with van der Waals surface area (Å²) in [5.41, 5.74) is 2.55. The number of halogens is 1. The minimum absolute atomic E-state index is 0.224. The van der Waals surface area contributed by atoms with E-state index in [1.807, 2.05) is 24.3 Å². The van der Waals surface area contributed by atoms with Gasteiger partial charge in [0, 0.05) is 23.9 Å². The molecule has 1 amide bonds. The molecule has 140 valence electrons. The van der Waals surface area contributed by atoms with Gasteiger partial charge in [0.1, 0.15) is 5.82 Å². The van der Waals surface area contributed by atoms with E-state index in [2.05, 4.69) is 20.4 Å². The van der Waals surface area contributed by atoms with Crippen LogP contribution in [0.5, 0.6) is 0 Å². The van der Waals surface area contributed by atoms with Crippen LogP contribution < -0.4 is 5.32 Å². The first-order valence-corrected chi connectivity index (χ1v) is 8.83. The van der Waals surface area contributed by atoms with Gasteiger partial charge < -0.3 is 9.84 Å². The molecule has 0 bridgehead atoms. The smallest absolute Gasteiger partial charge is 0.252 e. The standard InChI is InChI=1S/C21H17FN4O2/c1-13-24-20(28-26-13)10-11-23-21(27)17-12-19(14-6-8-15(22)9-7-14)25-18-5-3-2-4-16(17)18/h2-9,12H,10-11H2,1H3,(H,23,27). The van der Waals surface area contributed by atoms with Crippen molar-refractivity contribution < 1.29 is 13.7 Å². The third-order valence-corrected chi connectivity index (χ3v) is 4.29. The molecule has 0 fully saturated rings. The lowest BCUT2D eigenvalue weighted by atomic mass is 10.0. The molecular formula is C21H17FN4O2. The van der Waals surface area contributed by atoms with E-state index in [4.69, 9.17) is 4.52 Å². The number of nitrogens with one attached hydrogen (secondary N) is 1. The van der Waals surface area contributed by atoms with Gasteiger partial charge in [0.15, 0.2) is 5.82 Å². The van der Waals surface area contributed by atoms with E-state index in [9.17, 15) is 9.18 Å². The van der Waals surface area contributed by atoms with E-state index in [0.29, 0.717) is 41.5 Å². The van der Waals surface area contributed by atoms with Crippen molar-refractivity contribution in [3.05, 3.63) is 77.7 Å². The zero-order valence-electron chi connectivity index (χ0n) is 15.1. The topological polar surface area (TPSA) is 80.9 Å². The first-order chi connectivity index (χ1) is 13.6. The van der Waals surface area contributed by atoms with Gasteiger partial charge in [-0.1, -0.05) is 23.4 Å². The average Bonchev–Trinajstić information content (AvgIpc) is 3.12. The van der Waals surface area contributed by atoms with Crippen LogP contribution in [0.1, 0.15) is 22.1 Å². The van der Waals surface area contributed by atoms with Crippen LogP contribution in [-0.2, 0) is 6.42 Å². The van der Waals surface area contributed by atoms with Crippen LogP contribution in [-0.4, -0.2) is 27.6 Å². The van der Waals surface area contributed by atoms with Crippen molar-refractivity contribution in [3.8, 4) is 11.3 Å². The summed E-state index contributed by atoms with van der Waals surface area (Å²) in [7, 11) is 0. The number of hydrogen-bond acceptors (Lipinski definition) is 5. The summed E-state index contributed by atoms with van der Waals surface area (Å²) in [5.74, 6) is 0.492. The van der Waals surface area contributed by atoms with Gasteiger partial charge in [0.2, 0.25) is 5.89 Å². The van der Waals surface area contributed by atoms with Crippen LogP contribution in [0.15, 0.2) is 59.1 Å². The van der Waals surface area contributed by atoms with Crippen LogP contribution >= 0.6 is 0 Å². The van der Waals surface area contributed by atoms with Gasteiger partial charge in [-0.15, -0.1) is 0 Å². The molecule has 0 aliphatic heterocycles. The summed E-state index contributed by atoms with van der Waals surface area (Å²) >= 11 is 0. The van der Waals surface area contributed by atoms with Crippen LogP contribution in [0, 0.1) is 12.7 Å². The van der Waals surface area contributed by atoms with E-state index < -0.39 is 0 Å². The van der Waals surface area contributed by atoms with Crippen molar-refractivity contribution in [3.63, 3.8) is 0 Å². The van der Waals surface area contributed by atoms with Gasteiger partial charge in [0.05, 0.1) is 16.8 Å². The van der Waals surface area contributed by atoms with Gasteiger partial charge in [0.25, 0.3) is 5.91 Å². The predicted octanol–water partition coefficient (Wildman–Crippen LogP) is 3.70. The fraction of sp³-hybridized carbons (Fsp3) is 0.143. The van der Waals surface area contributed by atoms with Crippen molar-refractivity contribution in [1.82, 2.24) is 20.4 Å². The Morgan fingerprint density at radius 1 is 1.11 bits per heavy atom. The number of hydrogen-bond donors (Lipinski definition) is 1. The maximum absolute atomic E-state index is 13.2. The fourth-order valence-electron chi connectivity index (χ4n) is 2.95. The number of amides is 1.